The van der Waals surface area contributed by atoms with Crippen LogP contribution in [0.1, 0.15) is 6.92 Å². The number of nitrogens with one attached hydrogen (secondary N) is 2. The van der Waals surface area contributed by atoms with Gasteiger partial charge in [-0.3, -0.25) is 5.41 Å². The van der Waals surface area contributed by atoms with Gasteiger partial charge in [0.2, 0.25) is 0 Å². The first-order valence-electron chi connectivity index (χ1n) is 3.96. The Morgan fingerprint density at radius 3 is 2.57 bits per heavy atom. The average molecular weight is 206 g/mol. The summed E-state index contributed by atoms with van der Waals surface area (Å²) in [5.41, 5.74) is -1.08. The number of likely N-dealkylation sites (N-methyl/N-ethyl adjacent to an activating group) is 1. The van der Waals surface area contributed by atoms with Crippen molar-refractivity contribution in [3.63, 3.8) is 0 Å². The minimum atomic E-state index is -2.90. The second-order valence-corrected chi connectivity index (χ2v) is 2.28. The van der Waals surface area contributed by atoms with Gasteiger partial charge in [-0.25, -0.2) is 13.6 Å². The zero-order chi connectivity index (χ0) is 11.1. The third-order valence-corrected chi connectivity index (χ3v) is 1.30. The van der Waals surface area contributed by atoms with Crippen molar-refractivity contribution in [1.29, 1.82) is 5.41 Å². The standard InChI is InChI=1S/C8H12F2N2O2/c1-3-14-8(13)6(12-2)4-5(11)7(9)10/h4,7,11-12H,3H2,1-2H3/b6-4-,11-5?. The van der Waals surface area contributed by atoms with Crippen molar-refractivity contribution in [1.82, 2.24) is 5.32 Å². The van der Waals surface area contributed by atoms with Crippen LogP contribution >= 0.6 is 0 Å². The van der Waals surface area contributed by atoms with E-state index in [0.29, 0.717) is 0 Å². The fourth-order valence-electron chi connectivity index (χ4n) is 0.660. The van der Waals surface area contributed by atoms with E-state index in [2.05, 4.69) is 10.1 Å². The summed E-state index contributed by atoms with van der Waals surface area (Å²) in [4.78, 5) is 11.0. The van der Waals surface area contributed by atoms with Crippen molar-refractivity contribution >= 4 is 11.7 Å². The Morgan fingerprint density at radius 1 is 1.64 bits per heavy atom. The van der Waals surface area contributed by atoms with Crippen LogP contribution in [-0.2, 0) is 9.53 Å². The molecule has 0 aromatic heterocycles. The monoisotopic (exact) mass is 206 g/mol. The van der Waals surface area contributed by atoms with Crippen molar-refractivity contribution in [3.8, 4) is 0 Å². The van der Waals surface area contributed by atoms with E-state index in [4.69, 9.17) is 5.41 Å². The zero-order valence-electron chi connectivity index (χ0n) is 7.93. The number of carbonyl (C=O) groups is 1. The van der Waals surface area contributed by atoms with Gasteiger partial charge in [-0.1, -0.05) is 0 Å². The highest BCUT2D eigenvalue weighted by atomic mass is 19.3. The lowest BCUT2D eigenvalue weighted by molar-refractivity contribution is -0.138. The van der Waals surface area contributed by atoms with Crippen molar-refractivity contribution in [2.45, 2.75) is 13.3 Å². The third kappa shape index (κ3) is 3.97. The molecule has 0 spiro atoms. The number of hydrogen-bond acceptors (Lipinski definition) is 4. The van der Waals surface area contributed by atoms with Gasteiger partial charge in [0.15, 0.2) is 0 Å². The van der Waals surface area contributed by atoms with E-state index >= 15 is 0 Å². The second-order valence-electron chi connectivity index (χ2n) is 2.28. The van der Waals surface area contributed by atoms with Crippen molar-refractivity contribution in [3.05, 3.63) is 11.8 Å². The van der Waals surface area contributed by atoms with E-state index in [1.54, 1.807) is 6.92 Å². The first kappa shape index (κ1) is 12.5. The normalized spacial score (nSPS) is 11.4. The molecule has 4 nitrogen and oxygen atoms in total. The molecule has 0 aliphatic rings. The molecule has 0 aliphatic carbocycles. The molecule has 80 valence electrons. The Hall–Kier alpha value is -1.46. The summed E-state index contributed by atoms with van der Waals surface area (Å²) in [6.07, 6.45) is -2.14. The molecule has 14 heavy (non-hydrogen) atoms. The van der Waals surface area contributed by atoms with E-state index in [1.165, 1.54) is 7.05 Å². The molecule has 0 saturated heterocycles. The fourth-order valence-corrected chi connectivity index (χ4v) is 0.660. The third-order valence-electron chi connectivity index (χ3n) is 1.30. The summed E-state index contributed by atoms with van der Waals surface area (Å²) in [6.45, 7) is 1.75. The Kier molecular flexibility index (Phi) is 5.43. The topological polar surface area (TPSA) is 62.2 Å². The van der Waals surface area contributed by atoms with Gasteiger partial charge in [0, 0.05) is 7.05 Å². The Balaban J connectivity index is 4.54. The van der Waals surface area contributed by atoms with Crippen LogP contribution in [0.3, 0.4) is 0 Å². The molecular formula is C8H12F2N2O2. The average Bonchev–Trinajstić information content (AvgIpc) is 2.13. The molecule has 0 atom stereocenters. The molecule has 0 aromatic rings. The highest BCUT2D eigenvalue weighted by Crippen LogP contribution is 2.00. The highest BCUT2D eigenvalue weighted by Gasteiger charge is 2.13. The summed E-state index contributed by atoms with van der Waals surface area (Å²) >= 11 is 0. The number of rotatable bonds is 5. The minimum absolute atomic E-state index is 0.153. The maximum Gasteiger partial charge on any atom is 0.354 e. The molecule has 0 saturated carbocycles. The van der Waals surface area contributed by atoms with Gasteiger partial charge in [0.1, 0.15) is 5.70 Å². The molecule has 0 amide bonds. The van der Waals surface area contributed by atoms with Gasteiger partial charge < -0.3 is 10.1 Å². The molecule has 0 bridgehead atoms. The number of ether oxygens (including phenoxy) is 1. The van der Waals surface area contributed by atoms with Crippen LogP contribution in [0.2, 0.25) is 0 Å². The van der Waals surface area contributed by atoms with Gasteiger partial charge >= 0.3 is 5.97 Å². The van der Waals surface area contributed by atoms with Crippen LogP contribution in [0.15, 0.2) is 11.8 Å². The molecule has 2 N–H and O–H groups in total. The number of allylic oxidation sites excluding steroid dienone is 1. The molecule has 0 radical (unpaired) electrons. The van der Waals surface area contributed by atoms with Crippen molar-refractivity contribution in [2.24, 2.45) is 0 Å². The summed E-state index contributed by atoms with van der Waals surface area (Å²) in [5, 5.41) is 9.21. The van der Waals surface area contributed by atoms with Gasteiger partial charge in [0.25, 0.3) is 6.43 Å². The molecule has 0 aliphatic heterocycles. The van der Waals surface area contributed by atoms with Gasteiger partial charge in [-0.15, -0.1) is 0 Å². The number of esters is 1. The van der Waals surface area contributed by atoms with Crippen LogP contribution < -0.4 is 5.32 Å². The second kappa shape index (κ2) is 6.06. The Bertz CT molecular complexity index is 252. The first-order chi connectivity index (χ1) is 6.52. The van der Waals surface area contributed by atoms with Crippen LogP contribution in [0.25, 0.3) is 0 Å². The van der Waals surface area contributed by atoms with Gasteiger partial charge in [-0.05, 0) is 13.0 Å². The van der Waals surface area contributed by atoms with E-state index in [9.17, 15) is 13.6 Å². The minimum Gasteiger partial charge on any atom is -0.461 e. The molecule has 0 aromatic carbocycles. The van der Waals surface area contributed by atoms with Crippen LogP contribution in [0, 0.1) is 5.41 Å². The number of halogens is 2. The fraction of sp³-hybridized carbons (Fsp3) is 0.500. The summed E-state index contributed by atoms with van der Waals surface area (Å²) in [5.74, 6) is -0.750. The summed E-state index contributed by atoms with van der Waals surface area (Å²) in [7, 11) is 1.39. The summed E-state index contributed by atoms with van der Waals surface area (Å²) in [6, 6.07) is 0. The van der Waals surface area contributed by atoms with Gasteiger partial charge in [0.05, 0.1) is 12.3 Å². The smallest absolute Gasteiger partial charge is 0.354 e. The molecule has 0 unspecified atom stereocenters. The molecule has 0 heterocycles. The largest absolute Gasteiger partial charge is 0.461 e. The predicted octanol–water partition coefficient (Wildman–Crippen LogP) is 0.938. The number of alkyl halides is 2. The maximum atomic E-state index is 11.9. The highest BCUT2D eigenvalue weighted by molar-refractivity contribution is 6.01. The lowest BCUT2D eigenvalue weighted by atomic mass is 10.3. The lowest BCUT2D eigenvalue weighted by Gasteiger charge is -2.05. The maximum absolute atomic E-state index is 11.9. The predicted molar refractivity (Wildman–Crippen MR) is 47.5 cm³/mol. The van der Waals surface area contributed by atoms with Crippen LogP contribution in [0.4, 0.5) is 8.78 Å². The van der Waals surface area contributed by atoms with E-state index < -0.39 is 18.1 Å². The first-order valence-corrected chi connectivity index (χ1v) is 3.96. The van der Waals surface area contributed by atoms with Gasteiger partial charge in [-0.2, -0.15) is 0 Å². The van der Waals surface area contributed by atoms with E-state index in [0.717, 1.165) is 6.08 Å². The van der Waals surface area contributed by atoms with Crippen molar-refractivity contribution < 1.29 is 18.3 Å². The zero-order valence-corrected chi connectivity index (χ0v) is 7.93. The van der Waals surface area contributed by atoms with E-state index in [1.807, 2.05) is 0 Å². The lowest BCUT2D eigenvalue weighted by Crippen LogP contribution is -2.21. The molecule has 6 heteroatoms. The van der Waals surface area contributed by atoms with Crippen LogP contribution in [-0.4, -0.2) is 31.8 Å². The number of hydrogen-bond donors (Lipinski definition) is 2. The number of carbonyl (C=O) groups excluding carboxylic acids is 1. The molecular weight excluding hydrogens is 194 g/mol. The Labute approximate surface area is 80.4 Å². The van der Waals surface area contributed by atoms with Crippen LogP contribution in [0.5, 0.6) is 0 Å². The van der Waals surface area contributed by atoms with E-state index in [-0.39, 0.29) is 12.3 Å². The molecule has 0 rings (SSSR count). The Morgan fingerprint density at radius 2 is 2.21 bits per heavy atom. The summed E-state index contributed by atoms with van der Waals surface area (Å²) < 4.78 is 28.4. The molecule has 0 fully saturated rings. The SMILES string of the molecule is CCOC(=O)/C(=C/C(=N)C(F)F)NC. The van der Waals surface area contributed by atoms with Crippen molar-refractivity contribution in [2.75, 3.05) is 13.7 Å². The quantitative estimate of drug-likeness (QED) is 0.399.